The molecule has 1 N–H and O–H groups in total. The predicted molar refractivity (Wildman–Crippen MR) is 115 cm³/mol. The predicted octanol–water partition coefficient (Wildman–Crippen LogP) is 4.92. The summed E-state index contributed by atoms with van der Waals surface area (Å²) in [5.74, 6) is 1.01. The van der Waals surface area contributed by atoms with Gasteiger partial charge in [0.2, 0.25) is 0 Å². The Balaban J connectivity index is 1.68. The van der Waals surface area contributed by atoms with Crippen LogP contribution in [0.2, 0.25) is 0 Å². The summed E-state index contributed by atoms with van der Waals surface area (Å²) in [6.45, 7) is 2.55. The van der Waals surface area contributed by atoms with E-state index in [1.165, 1.54) is 0 Å². The fraction of sp³-hybridized carbons (Fsp3) is 0.182. The number of nitrogens with one attached hydrogen (secondary N) is 1. The van der Waals surface area contributed by atoms with E-state index >= 15 is 0 Å². The lowest BCUT2D eigenvalue weighted by Gasteiger charge is -2.11. The highest BCUT2D eigenvalue weighted by Gasteiger charge is 2.07. The number of amides is 1. The normalized spacial score (nSPS) is 10.9. The third kappa shape index (κ3) is 5.33. The van der Waals surface area contributed by atoms with Crippen LogP contribution in [0, 0.1) is 0 Å². The number of fused-ring (bicyclic) bond motifs is 1. The molecule has 1 amide bonds. The third-order valence-corrected chi connectivity index (χ3v) is 4.43. The molecule has 0 aliphatic carbocycles. The highest BCUT2D eigenvalue weighted by Crippen LogP contribution is 2.26. The number of hydrazone groups is 1. The lowest BCUT2D eigenvalue weighted by Crippen LogP contribution is -2.24. The smallest absolute Gasteiger partial charge is 0.277 e. The van der Waals surface area contributed by atoms with Gasteiger partial charge < -0.3 is 9.47 Å². The highest BCUT2D eigenvalue weighted by atomic mass is 79.9. The minimum atomic E-state index is -0.340. The Morgan fingerprint density at radius 3 is 2.79 bits per heavy atom. The number of hydrogen-bond acceptors (Lipinski definition) is 4. The first-order valence-electron chi connectivity index (χ1n) is 9.02. The molecule has 0 bridgehead atoms. The zero-order valence-corrected chi connectivity index (χ0v) is 17.1. The number of hydrogen-bond donors (Lipinski definition) is 1. The molecule has 3 aromatic rings. The Kier molecular flexibility index (Phi) is 7.03. The molecule has 3 aromatic carbocycles. The maximum atomic E-state index is 12.0. The largest absolute Gasteiger partial charge is 0.493 e. The van der Waals surface area contributed by atoms with Crippen LogP contribution in [0.15, 0.2) is 70.2 Å². The molecular formula is C22H21BrN2O3. The van der Waals surface area contributed by atoms with Gasteiger partial charge in [-0.05, 0) is 41.5 Å². The van der Waals surface area contributed by atoms with Crippen LogP contribution in [-0.4, -0.2) is 25.3 Å². The lowest BCUT2D eigenvalue weighted by atomic mass is 10.0. The summed E-state index contributed by atoms with van der Waals surface area (Å²) in [5, 5.41) is 6.19. The number of rotatable bonds is 8. The first-order valence-corrected chi connectivity index (χ1v) is 9.81. The Morgan fingerprint density at radius 2 is 1.96 bits per heavy atom. The SMILES string of the molecule is CCCOc1ccc2ccccc2c1/C=N/NC(=O)COc1cccc(Br)c1. The number of carbonyl (C=O) groups excluding carboxylic acids is 1. The summed E-state index contributed by atoms with van der Waals surface area (Å²) in [7, 11) is 0. The number of nitrogens with zero attached hydrogens (tertiary/aromatic N) is 1. The summed E-state index contributed by atoms with van der Waals surface area (Å²) in [6.07, 6.45) is 2.53. The van der Waals surface area contributed by atoms with Gasteiger partial charge in [0.05, 0.1) is 12.8 Å². The van der Waals surface area contributed by atoms with Gasteiger partial charge in [-0.1, -0.05) is 59.3 Å². The van der Waals surface area contributed by atoms with Gasteiger partial charge >= 0.3 is 0 Å². The van der Waals surface area contributed by atoms with E-state index in [1.54, 1.807) is 18.3 Å². The molecule has 0 unspecified atom stereocenters. The van der Waals surface area contributed by atoms with Crippen molar-refractivity contribution >= 4 is 38.8 Å². The molecule has 144 valence electrons. The van der Waals surface area contributed by atoms with Crippen LogP contribution < -0.4 is 14.9 Å². The zero-order valence-electron chi connectivity index (χ0n) is 15.5. The summed E-state index contributed by atoms with van der Waals surface area (Å²) in [6, 6.07) is 19.2. The van der Waals surface area contributed by atoms with Crippen LogP contribution in [0.5, 0.6) is 11.5 Å². The van der Waals surface area contributed by atoms with Gasteiger partial charge in [0.1, 0.15) is 11.5 Å². The number of ether oxygens (including phenoxy) is 2. The first-order chi connectivity index (χ1) is 13.7. The van der Waals surface area contributed by atoms with Gasteiger partial charge in [0.15, 0.2) is 6.61 Å². The summed E-state index contributed by atoms with van der Waals surface area (Å²) < 4.78 is 12.2. The minimum Gasteiger partial charge on any atom is -0.493 e. The molecule has 0 radical (unpaired) electrons. The molecule has 0 heterocycles. The van der Waals surface area contributed by atoms with Crippen molar-refractivity contribution < 1.29 is 14.3 Å². The Bertz CT molecular complexity index is 988. The molecule has 0 atom stereocenters. The van der Waals surface area contributed by atoms with Crippen molar-refractivity contribution in [2.75, 3.05) is 13.2 Å². The van der Waals surface area contributed by atoms with Crippen LogP contribution in [0.3, 0.4) is 0 Å². The monoisotopic (exact) mass is 440 g/mol. The van der Waals surface area contributed by atoms with Crippen molar-refractivity contribution in [3.8, 4) is 11.5 Å². The van der Waals surface area contributed by atoms with Crippen LogP contribution in [0.4, 0.5) is 0 Å². The third-order valence-electron chi connectivity index (χ3n) is 3.94. The van der Waals surface area contributed by atoms with Crippen LogP contribution >= 0.6 is 15.9 Å². The van der Waals surface area contributed by atoms with E-state index in [0.717, 1.165) is 33.0 Å². The average Bonchev–Trinajstić information content (AvgIpc) is 2.71. The molecule has 0 saturated carbocycles. The fourth-order valence-corrected chi connectivity index (χ4v) is 3.03. The second-order valence-corrected chi connectivity index (χ2v) is 7.00. The molecule has 0 fully saturated rings. The Morgan fingerprint density at radius 1 is 1.11 bits per heavy atom. The van der Waals surface area contributed by atoms with E-state index < -0.39 is 0 Å². The van der Waals surface area contributed by atoms with Crippen molar-refractivity contribution in [2.45, 2.75) is 13.3 Å². The van der Waals surface area contributed by atoms with E-state index in [0.29, 0.717) is 12.4 Å². The maximum Gasteiger partial charge on any atom is 0.277 e. The van der Waals surface area contributed by atoms with Crippen molar-refractivity contribution in [1.29, 1.82) is 0 Å². The summed E-state index contributed by atoms with van der Waals surface area (Å²) in [4.78, 5) is 12.0. The van der Waals surface area contributed by atoms with E-state index in [-0.39, 0.29) is 12.5 Å². The van der Waals surface area contributed by atoms with Gasteiger partial charge in [-0.25, -0.2) is 5.43 Å². The summed E-state index contributed by atoms with van der Waals surface area (Å²) in [5.41, 5.74) is 3.34. The summed E-state index contributed by atoms with van der Waals surface area (Å²) >= 11 is 3.37. The minimum absolute atomic E-state index is 0.122. The number of benzene rings is 3. The molecule has 5 nitrogen and oxygen atoms in total. The van der Waals surface area contributed by atoms with Crippen LogP contribution in [0.1, 0.15) is 18.9 Å². The second kappa shape index (κ2) is 9.90. The maximum absolute atomic E-state index is 12.0. The van der Waals surface area contributed by atoms with Gasteiger partial charge in [0, 0.05) is 10.0 Å². The van der Waals surface area contributed by atoms with Crippen LogP contribution in [-0.2, 0) is 4.79 Å². The quantitative estimate of drug-likeness (QED) is 0.399. The standard InChI is InChI=1S/C22H21BrN2O3/c1-2-12-27-21-11-10-16-6-3-4-9-19(16)20(21)14-24-25-22(26)15-28-18-8-5-7-17(23)13-18/h3-11,13-14H,2,12,15H2,1H3,(H,25,26)/b24-14+. The van der Waals surface area contributed by atoms with Crippen molar-refractivity contribution in [3.63, 3.8) is 0 Å². The molecule has 6 heteroatoms. The molecule has 0 aliphatic rings. The van der Waals surface area contributed by atoms with E-state index in [2.05, 4.69) is 33.4 Å². The van der Waals surface area contributed by atoms with E-state index in [4.69, 9.17) is 9.47 Å². The van der Waals surface area contributed by atoms with E-state index in [9.17, 15) is 4.79 Å². The van der Waals surface area contributed by atoms with Gasteiger partial charge in [0.25, 0.3) is 5.91 Å². The number of carbonyl (C=O) groups is 1. The zero-order chi connectivity index (χ0) is 19.8. The highest BCUT2D eigenvalue weighted by molar-refractivity contribution is 9.10. The number of halogens is 1. The lowest BCUT2D eigenvalue weighted by molar-refractivity contribution is -0.123. The molecule has 0 aliphatic heterocycles. The molecule has 0 spiro atoms. The van der Waals surface area contributed by atoms with Crippen molar-refractivity contribution in [1.82, 2.24) is 5.43 Å². The fourth-order valence-electron chi connectivity index (χ4n) is 2.65. The Labute approximate surface area is 172 Å². The van der Waals surface area contributed by atoms with Gasteiger partial charge in [-0.2, -0.15) is 5.10 Å². The van der Waals surface area contributed by atoms with Crippen molar-refractivity contribution in [2.24, 2.45) is 5.10 Å². The van der Waals surface area contributed by atoms with Gasteiger partial charge in [-0.3, -0.25) is 4.79 Å². The van der Waals surface area contributed by atoms with E-state index in [1.807, 2.05) is 48.5 Å². The van der Waals surface area contributed by atoms with Crippen LogP contribution in [0.25, 0.3) is 10.8 Å². The molecular weight excluding hydrogens is 420 g/mol. The first kappa shape index (κ1) is 19.9. The Hall–Kier alpha value is -2.86. The molecule has 0 aromatic heterocycles. The topological polar surface area (TPSA) is 59.9 Å². The molecule has 3 rings (SSSR count). The molecule has 28 heavy (non-hydrogen) atoms. The van der Waals surface area contributed by atoms with Crippen molar-refractivity contribution in [3.05, 3.63) is 70.7 Å². The second-order valence-electron chi connectivity index (χ2n) is 6.09. The van der Waals surface area contributed by atoms with Gasteiger partial charge in [-0.15, -0.1) is 0 Å². The molecule has 0 saturated heterocycles. The average molecular weight is 441 g/mol.